The summed E-state index contributed by atoms with van der Waals surface area (Å²) < 4.78 is 9.92. The summed E-state index contributed by atoms with van der Waals surface area (Å²) in [5.41, 5.74) is 4.93. The maximum atomic E-state index is 11.8. The highest BCUT2D eigenvalue weighted by atomic mass is 16.7. The van der Waals surface area contributed by atoms with Crippen molar-refractivity contribution in [2.75, 3.05) is 6.79 Å². The van der Waals surface area contributed by atoms with Gasteiger partial charge in [-0.05, 0) is 73.9 Å². The zero-order valence-electron chi connectivity index (χ0n) is 17.4. The molecule has 0 unspecified atom stereocenters. The van der Waals surface area contributed by atoms with E-state index in [-0.39, 0.29) is 24.3 Å². The van der Waals surface area contributed by atoms with Crippen molar-refractivity contribution in [2.45, 2.75) is 53.4 Å². The Kier molecular flexibility index (Phi) is 7.65. The van der Waals surface area contributed by atoms with Gasteiger partial charge in [0.05, 0.1) is 0 Å². The lowest BCUT2D eigenvalue weighted by atomic mass is 10.0. The highest BCUT2D eigenvalue weighted by molar-refractivity contribution is 5.71. The predicted octanol–water partition coefficient (Wildman–Crippen LogP) is 3.94. The van der Waals surface area contributed by atoms with Crippen molar-refractivity contribution >= 4 is 11.9 Å². The molecule has 2 N–H and O–H groups in total. The molecule has 0 aliphatic rings. The summed E-state index contributed by atoms with van der Waals surface area (Å²) in [5.74, 6) is -0.376. The Morgan fingerprint density at radius 2 is 1.00 bits per heavy atom. The SMILES string of the molecule is Cc1cc(CCC(=O)OCOC(=O)CCc2cc(C)c(O)c(C)c2)cc(C)c1O. The van der Waals surface area contributed by atoms with Crippen LogP contribution in [0.25, 0.3) is 0 Å². The van der Waals surface area contributed by atoms with Crippen LogP contribution in [0.15, 0.2) is 24.3 Å². The first-order valence-electron chi connectivity index (χ1n) is 9.56. The largest absolute Gasteiger partial charge is 0.507 e. The van der Waals surface area contributed by atoms with Crippen LogP contribution in [-0.2, 0) is 31.9 Å². The fourth-order valence-corrected chi connectivity index (χ4v) is 3.18. The van der Waals surface area contributed by atoms with Crippen LogP contribution in [0.5, 0.6) is 11.5 Å². The Bertz CT molecular complexity index is 781. The van der Waals surface area contributed by atoms with E-state index in [9.17, 15) is 19.8 Å². The molecule has 0 atom stereocenters. The third kappa shape index (κ3) is 6.52. The number of aromatic hydroxyl groups is 2. The van der Waals surface area contributed by atoms with E-state index in [4.69, 9.17) is 9.47 Å². The second-order valence-corrected chi connectivity index (χ2v) is 7.31. The summed E-state index contributed by atoms with van der Waals surface area (Å²) in [4.78, 5) is 23.7. The molecule has 2 rings (SSSR count). The minimum Gasteiger partial charge on any atom is -0.507 e. The number of rotatable bonds is 8. The first-order valence-corrected chi connectivity index (χ1v) is 9.56. The van der Waals surface area contributed by atoms with Crippen LogP contribution in [0.3, 0.4) is 0 Å². The molecule has 0 aromatic heterocycles. The van der Waals surface area contributed by atoms with Crippen molar-refractivity contribution in [3.8, 4) is 11.5 Å². The standard InChI is InChI=1S/C23H28O6/c1-14-9-18(10-15(2)22(14)26)5-7-20(24)28-13-29-21(25)8-6-19-11-16(3)23(27)17(4)12-19/h9-12,26-27H,5-8,13H2,1-4H3. The quantitative estimate of drug-likeness (QED) is 0.515. The molecule has 0 radical (unpaired) electrons. The van der Waals surface area contributed by atoms with Gasteiger partial charge in [-0.2, -0.15) is 0 Å². The minimum atomic E-state index is -0.453. The number of hydrogen-bond donors (Lipinski definition) is 2. The molecule has 6 heteroatoms. The van der Waals surface area contributed by atoms with Crippen LogP contribution in [-0.4, -0.2) is 28.9 Å². The summed E-state index contributed by atoms with van der Waals surface area (Å²) in [7, 11) is 0. The van der Waals surface area contributed by atoms with Crippen molar-refractivity contribution in [3.63, 3.8) is 0 Å². The fourth-order valence-electron chi connectivity index (χ4n) is 3.18. The van der Waals surface area contributed by atoms with E-state index in [2.05, 4.69) is 0 Å². The molecule has 2 aromatic rings. The fraction of sp³-hybridized carbons (Fsp3) is 0.391. The number of carbonyl (C=O) groups is 2. The summed E-state index contributed by atoms with van der Waals surface area (Å²) in [6.07, 6.45) is 1.28. The second kappa shape index (κ2) is 9.96. The molecule has 0 heterocycles. The third-order valence-corrected chi connectivity index (χ3v) is 4.78. The average molecular weight is 400 g/mol. The maximum absolute atomic E-state index is 11.8. The summed E-state index contributed by atoms with van der Waals surface area (Å²) in [6.45, 7) is 6.84. The van der Waals surface area contributed by atoms with Gasteiger partial charge in [-0.1, -0.05) is 24.3 Å². The number of esters is 2. The first kappa shape index (κ1) is 22.3. The van der Waals surface area contributed by atoms with E-state index in [0.717, 1.165) is 33.4 Å². The number of carbonyl (C=O) groups excluding carboxylic acids is 2. The summed E-state index contributed by atoms with van der Waals surface area (Å²) >= 11 is 0. The van der Waals surface area contributed by atoms with Crippen LogP contribution in [0.4, 0.5) is 0 Å². The molecule has 0 bridgehead atoms. The van der Waals surface area contributed by atoms with Crippen LogP contribution < -0.4 is 0 Å². The van der Waals surface area contributed by atoms with Gasteiger partial charge in [0.25, 0.3) is 0 Å². The second-order valence-electron chi connectivity index (χ2n) is 7.31. The molecule has 0 saturated heterocycles. The van der Waals surface area contributed by atoms with Crippen molar-refractivity contribution in [1.82, 2.24) is 0 Å². The monoisotopic (exact) mass is 400 g/mol. The Morgan fingerprint density at radius 1 is 0.690 bits per heavy atom. The Labute approximate surface area is 171 Å². The lowest BCUT2D eigenvalue weighted by Gasteiger charge is -2.09. The van der Waals surface area contributed by atoms with Gasteiger partial charge in [-0.15, -0.1) is 0 Å². The first-order chi connectivity index (χ1) is 13.7. The molecule has 156 valence electrons. The van der Waals surface area contributed by atoms with E-state index in [1.807, 2.05) is 52.0 Å². The van der Waals surface area contributed by atoms with Gasteiger partial charge in [0, 0.05) is 12.8 Å². The maximum Gasteiger partial charge on any atom is 0.308 e. The van der Waals surface area contributed by atoms with Gasteiger partial charge in [0.2, 0.25) is 6.79 Å². The van der Waals surface area contributed by atoms with Gasteiger partial charge < -0.3 is 19.7 Å². The zero-order valence-corrected chi connectivity index (χ0v) is 17.4. The topological polar surface area (TPSA) is 93.1 Å². The number of aryl methyl sites for hydroxylation is 6. The van der Waals surface area contributed by atoms with Crippen LogP contribution in [0.2, 0.25) is 0 Å². The summed E-state index contributed by atoms with van der Waals surface area (Å²) in [6, 6.07) is 7.34. The highest BCUT2D eigenvalue weighted by Gasteiger charge is 2.10. The van der Waals surface area contributed by atoms with E-state index in [0.29, 0.717) is 12.8 Å². The lowest BCUT2D eigenvalue weighted by molar-refractivity contribution is -0.167. The van der Waals surface area contributed by atoms with E-state index in [1.165, 1.54) is 0 Å². The van der Waals surface area contributed by atoms with Gasteiger partial charge in [0.15, 0.2) is 0 Å². The molecule has 0 fully saturated rings. The zero-order chi connectivity index (χ0) is 21.6. The van der Waals surface area contributed by atoms with Gasteiger partial charge in [0.1, 0.15) is 11.5 Å². The molecule has 6 nitrogen and oxygen atoms in total. The summed E-state index contributed by atoms with van der Waals surface area (Å²) in [5, 5.41) is 19.6. The normalized spacial score (nSPS) is 10.6. The molecular formula is C23H28O6. The molecule has 0 saturated carbocycles. The number of ether oxygens (including phenoxy) is 2. The molecule has 0 amide bonds. The van der Waals surface area contributed by atoms with Crippen molar-refractivity contribution in [3.05, 3.63) is 57.6 Å². The van der Waals surface area contributed by atoms with Gasteiger partial charge in [-0.3, -0.25) is 9.59 Å². The lowest BCUT2D eigenvalue weighted by Crippen LogP contribution is -2.13. The number of phenols is 2. The van der Waals surface area contributed by atoms with Crippen molar-refractivity contribution in [1.29, 1.82) is 0 Å². The third-order valence-electron chi connectivity index (χ3n) is 4.78. The Morgan fingerprint density at radius 3 is 1.31 bits per heavy atom. The smallest absolute Gasteiger partial charge is 0.308 e. The molecule has 29 heavy (non-hydrogen) atoms. The van der Waals surface area contributed by atoms with Crippen molar-refractivity contribution in [2.24, 2.45) is 0 Å². The van der Waals surface area contributed by atoms with Crippen LogP contribution >= 0.6 is 0 Å². The van der Waals surface area contributed by atoms with E-state index < -0.39 is 18.7 Å². The van der Waals surface area contributed by atoms with Crippen LogP contribution in [0.1, 0.15) is 46.2 Å². The molecule has 2 aromatic carbocycles. The molecule has 0 aliphatic heterocycles. The highest BCUT2D eigenvalue weighted by Crippen LogP contribution is 2.24. The predicted molar refractivity (Wildman–Crippen MR) is 109 cm³/mol. The van der Waals surface area contributed by atoms with E-state index >= 15 is 0 Å². The molecular weight excluding hydrogens is 372 g/mol. The molecule has 0 spiro atoms. The van der Waals surface area contributed by atoms with E-state index in [1.54, 1.807) is 0 Å². The minimum absolute atomic E-state index is 0.160. The van der Waals surface area contributed by atoms with Crippen molar-refractivity contribution < 1.29 is 29.3 Å². The Hall–Kier alpha value is -3.02. The average Bonchev–Trinajstić information content (AvgIpc) is 2.66. The van der Waals surface area contributed by atoms with Crippen LogP contribution in [0, 0.1) is 27.7 Å². The number of phenolic OH excluding ortho intramolecular Hbond substituents is 2. The molecule has 0 aliphatic carbocycles. The van der Waals surface area contributed by atoms with Gasteiger partial charge in [-0.25, -0.2) is 0 Å². The number of hydrogen-bond acceptors (Lipinski definition) is 6. The Balaban J connectivity index is 1.70. The van der Waals surface area contributed by atoms with Gasteiger partial charge >= 0.3 is 11.9 Å². The number of benzene rings is 2.